The molecule has 0 saturated carbocycles. The summed E-state index contributed by atoms with van der Waals surface area (Å²) >= 11 is 16.1. The summed E-state index contributed by atoms with van der Waals surface area (Å²) in [6.07, 6.45) is 0. The largest absolute Gasteiger partial charge is 0.488 e. The van der Waals surface area contributed by atoms with E-state index in [4.69, 9.17) is 44.9 Å². The summed E-state index contributed by atoms with van der Waals surface area (Å²) in [6.45, 7) is 0. The number of hydrogen-bond donors (Lipinski definition) is 3. The molecule has 16 heavy (non-hydrogen) atoms. The standard InChI is InChI=1S/C8H7BCl3NO3/c10-8(11,12)7(14)13-6-3-1-2-5(4-6)9(15)16/h1-4,15-16H,(H,13,14). The van der Waals surface area contributed by atoms with Gasteiger partial charge in [-0.2, -0.15) is 0 Å². The first-order valence-electron chi connectivity index (χ1n) is 4.15. The van der Waals surface area contributed by atoms with Crippen LogP contribution in [0.4, 0.5) is 5.69 Å². The van der Waals surface area contributed by atoms with Gasteiger partial charge in [0.15, 0.2) is 0 Å². The van der Waals surface area contributed by atoms with Crippen LogP contribution in [0.5, 0.6) is 0 Å². The lowest BCUT2D eigenvalue weighted by atomic mass is 9.80. The number of benzene rings is 1. The van der Waals surface area contributed by atoms with Crippen molar-refractivity contribution >= 4 is 59.0 Å². The van der Waals surface area contributed by atoms with E-state index < -0.39 is 16.8 Å². The molecule has 1 aromatic rings. The molecule has 0 bridgehead atoms. The first kappa shape index (κ1) is 13.6. The maximum absolute atomic E-state index is 11.3. The molecule has 0 heterocycles. The van der Waals surface area contributed by atoms with E-state index in [1.165, 1.54) is 24.3 Å². The van der Waals surface area contributed by atoms with Crippen LogP contribution in [0.1, 0.15) is 0 Å². The molecule has 1 aromatic carbocycles. The molecule has 1 amide bonds. The highest BCUT2D eigenvalue weighted by molar-refractivity contribution is 6.76. The molecule has 1 rings (SSSR count). The van der Waals surface area contributed by atoms with Gasteiger partial charge in [-0.3, -0.25) is 4.79 Å². The zero-order valence-electron chi connectivity index (χ0n) is 7.82. The summed E-state index contributed by atoms with van der Waals surface area (Å²) in [5, 5.41) is 20.1. The molecule has 4 nitrogen and oxygen atoms in total. The zero-order chi connectivity index (χ0) is 12.3. The minimum absolute atomic E-state index is 0.224. The van der Waals surface area contributed by atoms with Gasteiger partial charge < -0.3 is 15.4 Å². The van der Waals surface area contributed by atoms with Crippen molar-refractivity contribution in [1.82, 2.24) is 0 Å². The average molecular weight is 282 g/mol. The third kappa shape index (κ3) is 3.85. The van der Waals surface area contributed by atoms with Crippen LogP contribution in [-0.4, -0.2) is 26.9 Å². The van der Waals surface area contributed by atoms with Crippen molar-refractivity contribution in [1.29, 1.82) is 0 Å². The summed E-state index contributed by atoms with van der Waals surface area (Å²) in [7, 11) is -1.62. The Morgan fingerprint density at radius 3 is 2.44 bits per heavy atom. The third-order valence-corrected chi connectivity index (χ3v) is 2.22. The Labute approximate surface area is 107 Å². The number of carbonyl (C=O) groups excluding carboxylic acids is 1. The van der Waals surface area contributed by atoms with Crippen molar-refractivity contribution in [3.63, 3.8) is 0 Å². The lowest BCUT2D eigenvalue weighted by Crippen LogP contribution is -2.31. The van der Waals surface area contributed by atoms with Gasteiger partial charge in [-0.15, -0.1) is 0 Å². The second-order valence-corrected chi connectivity index (χ2v) is 5.23. The maximum atomic E-state index is 11.3. The fourth-order valence-corrected chi connectivity index (χ4v) is 1.12. The van der Waals surface area contributed by atoms with Gasteiger partial charge in [0.25, 0.3) is 9.70 Å². The SMILES string of the molecule is O=C(Nc1cccc(B(O)O)c1)C(Cl)(Cl)Cl. The average Bonchev–Trinajstić information content (AvgIpc) is 2.16. The molecule has 0 atom stereocenters. The summed E-state index contributed by atoms with van der Waals surface area (Å²) in [6, 6.07) is 5.90. The Morgan fingerprint density at radius 1 is 1.31 bits per heavy atom. The van der Waals surface area contributed by atoms with Crippen molar-refractivity contribution in [2.45, 2.75) is 3.79 Å². The number of amides is 1. The van der Waals surface area contributed by atoms with E-state index in [-0.39, 0.29) is 5.46 Å². The quantitative estimate of drug-likeness (QED) is 0.552. The van der Waals surface area contributed by atoms with Gasteiger partial charge in [0.2, 0.25) is 0 Å². The predicted octanol–water partition coefficient (Wildman–Crippen LogP) is 0.675. The highest BCUT2D eigenvalue weighted by Gasteiger charge is 2.30. The van der Waals surface area contributed by atoms with Crippen LogP contribution in [0.2, 0.25) is 0 Å². The van der Waals surface area contributed by atoms with Gasteiger partial charge in [0.05, 0.1) is 0 Å². The van der Waals surface area contributed by atoms with E-state index in [9.17, 15) is 4.79 Å². The Hall–Kier alpha value is -0.455. The maximum Gasteiger partial charge on any atom is 0.488 e. The van der Waals surface area contributed by atoms with Gasteiger partial charge in [-0.25, -0.2) is 0 Å². The Bertz CT molecular complexity index is 394. The van der Waals surface area contributed by atoms with Crippen molar-refractivity contribution in [2.24, 2.45) is 0 Å². The summed E-state index contributed by atoms with van der Waals surface area (Å²) < 4.78 is -2.06. The molecule has 3 N–H and O–H groups in total. The van der Waals surface area contributed by atoms with E-state index in [2.05, 4.69) is 5.32 Å². The lowest BCUT2D eigenvalue weighted by molar-refractivity contribution is -0.115. The van der Waals surface area contributed by atoms with E-state index in [1.54, 1.807) is 0 Å². The van der Waals surface area contributed by atoms with Crippen molar-refractivity contribution < 1.29 is 14.8 Å². The number of nitrogens with one attached hydrogen (secondary N) is 1. The van der Waals surface area contributed by atoms with E-state index in [0.29, 0.717) is 5.69 Å². The zero-order valence-corrected chi connectivity index (χ0v) is 10.1. The molecule has 0 saturated heterocycles. The lowest BCUT2D eigenvalue weighted by Gasteiger charge is -2.12. The molecule has 0 aliphatic heterocycles. The molecule has 0 fully saturated rings. The molecule has 0 radical (unpaired) electrons. The van der Waals surface area contributed by atoms with Gasteiger partial charge >= 0.3 is 7.12 Å². The van der Waals surface area contributed by atoms with Crippen LogP contribution in [0.25, 0.3) is 0 Å². The second-order valence-electron chi connectivity index (χ2n) is 2.95. The summed E-state index contributed by atoms with van der Waals surface area (Å²) in [5.41, 5.74) is 0.532. The van der Waals surface area contributed by atoms with E-state index in [1.807, 2.05) is 0 Å². The van der Waals surface area contributed by atoms with Crippen LogP contribution < -0.4 is 10.8 Å². The molecule has 0 unspecified atom stereocenters. The number of rotatable bonds is 2. The molecule has 0 aromatic heterocycles. The smallest absolute Gasteiger partial charge is 0.423 e. The van der Waals surface area contributed by atoms with E-state index in [0.717, 1.165) is 0 Å². The highest BCUT2D eigenvalue weighted by atomic mass is 35.6. The van der Waals surface area contributed by atoms with Crippen LogP contribution in [0.15, 0.2) is 24.3 Å². The minimum atomic E-state index is -2.06. The Kier molecular flexibility index (Phi) is 4.47. The van der Waals surface area contributed by atoms with Gasteiger partial charge in [-0.05, 0) is 17.6 Å². The Balaban J connectivity index is 2.83. The fourth-order valence-electron chi connectivity index (χ4n) is 0.979. The van der Waals surface area contributed by atoms with Crippen LogP contribution in [-0.2, 0) is 4.79 Å². The van der Waals surface area contributed by atoms with Crippen LogP contribution in [0, 0.1) is 0 Å². The Morgan fingerprint density at radius 2 is 1.94 bits per heavy atom. The minimum Gasteiger partial charge on any atom is -0.423 e. The molecular formula is C8H7BCl3NO3. The second kappa shape index (κ2) is 5.25. The molecule has 86 valence electrons. The highest BCUT2D eigenvalue weighted by Crippen LogP contribution is 2.27. The van der Waals surface area contributed by atoms with E-state index >= 15 is 0 Å². The number of hydrogen-bond acceptors (Lipinski definition) is 3. The summed E-state index contributed by atoms with van der Waals surface area (Å²) in [5.74, 6) is -0.818. The number of anilines is 1. The normalized spacial score (nSPS) is 11.1. The van der Waals surface area contributed by atoms with Crippen LogP contribution in [0.3, 0.4) is 0 Å². The molecule has 0 aliphatic rings. The van der Waals surface area contributed by atoms with Gasteiger partial charge in [0.1, 0.15) is 0 Å². The van der Waals surface area contributed by atoms with Crippen LogP contribution >= 0.6 is 34.8 Å². The van der Waals surface area contributed by atoms with Gasteiger partial charge in [0, 0.05) is 5.69 Å². The molecule has 8 heteroatoms. The number of alkyl halides is 3. The fraction of sp³-hybridized carbons (Fsp3) is 0.125. The molecule has 0 spiro atoms. The predicted molar refractivity (Wildman–Crippen MR) is 65.2 cm³/mol. The topological polar surface area (TPSA) is 69.6 Å². The van der Waals surface area contributed by atoms with Crippen molar-refractivity contribution in [3.8, 4) is 0 Å². The number of halogens is 3. The van der Waals surface area contributed by atoms with Gasteiger partial charge in [-0.1, -0.05) is 46.9 Å². The monoisotopic (exact) mass is 281 g/mol. The first-order chi connectivity index (χ1) is 7.30. The van der Waals surface area contributed by atoms with Crippen molar-refractivity contribution in [3.05, 3.63) is 24.3 Å². The first-order valence-corrected chi connectivity index (χ1v) is 5.28. The molecular weight excluding hydrogens is 275 g/mol. The summed E-state index contributed by atoms with van der Waals surface area (Å²) in [4.78, 5) is 11.3. The molecule has 0 aliphatic carbocycles. The van der Waals surface area contributed by atoms with Crippen molar-refractivity contribution in [2.75, 3.05) is 5.32 Å². The number of carbonyl (C=O) groups is 1. The third-order valence-electron chi connectivity index (χ3n) is 1.70.